The highest BCUT2D eigenvalue weighted by Gasteiger charge is 1.97. The predicted octanol–water partition coefficient (Wildman–Crippen LogP) is 6.04. The van der Waals surface area contributed by atoms with Crippen molar-refractivity contribution in [2.24, 2.45) is 0 Å². The summed E-state index contributed by atoms with van der Waals surface area (Å²) in [5.41, 5.74) is 0. The summed E-state index contributed by atoms with van der Waals surface area (Å²) in [4.78, 5) is 10.3. The van der Waals surface area contributed by atoms with Gasteiger partial charge in [0, 0.05) is 6.61 Å². The van der Waals surface area contributed by atoms with E-state index < -0.39 is 5.97 Å². The smallest absolute Gasteiger partial charge is 0.329 e. The third kappa shape index (κ3) is 35.2. The highest BCUT2D eigenvalue weighted by atomic mass is 16.6. The zero-order chi connectivity index (χ0) is 26.9. The molecule has 0 spiro atoms. The molecule has 0 bridgehead atoms. The van der Waals surface area contributed by atoms with Crippen LogP contribution in [0.4, 0.5) is 0 Å². The van der Waals surface area contributed by atoms with Gasteiger partial charge in [-0.15, -0.1) is 0 Å². The van der Waals surface area contributed by atoms with Crippen molar-refractivity contribution in [2.75, 3.05) is 79.3 Å². The Hall–Kier alpha value is -0.770. The molecule has 0 aliphatic rings. The normalized spacial score (nSPS) is 11.4. The summed E-state index contributed by atoms with van der Waals surface area (Å²) in [6, 6.07) is 0. The first-order valence-corrected chi connectivity index (χ1v) is 15.0. The fourth-order valence-corrected chi connectivity index (χ4v) is 3.83. The summed E-state index contributed by atoms with van der Waals surface area (Å²) < 4.78 is 32.1. The van der Waals surface area contributed by atoms with Crippen LogP contribution in [-0.4, -0.2) is 90.4 Å². The highest BCUT2D eigenvalue weighted by Crippen LogP contribution is 2.13. The van der Waals surface area contributed by atoms with Gasteiger partial charge in [-0.3, -0.25) is 0 Å². The number of hydrogen-bond donors (Lipinski definition) is 1. The Balaban J connectivity index is 3.02. The first-order chi connectivity index (χ1) is 18.3. The number of carboxylic acids is 1. The summed E-state index contributed by atoms with van der Waals surface area (Å²) in [5.74, 6) is -0.979. The Morgan fingerprint density at radius 3 is 1.00 bits per heavy atom. The fourth-order valence-electron chi connectivity index (χ4n) is 3.83. The van der Waals surface area contributed by atoms with Crippen molar-refractivity contribution >= 4 is 5.97 Å². The lowest BCUT2D eigenvalue weighted by molar-refractivity contribution is -0.142. The first-order valence-electron chi connectivity index (χ1n) is 15.0. The van der Waals surface area contributed by atoms with Gasteiger partial charge in [-0.05, 0) is 6.42 Å². The molecule has 8 nitrogen and oxygen atoms in total. The zero-order valence-electron chi connectivity index (χ0n) is 23.9. The van der Waals surface area contributed by atoms with Gasteiger partial charge in [-0.25, -0.2) is 4.79 Å². The van der Waals surface area contributed by atoms with Crippen LogP contribution in [0.15, 0.2) is 0 Å². The first kappa shape index (κ1) is 36.2. The van der Waals surface area contributed by atoms with Crippen LogP contribution < -0.4 is 0 Å². The Bertz CT molecular complexity index is 436. The van der Waals surface area contributed by atoms with Crippen LogP contribution in [0.1, 0.15) is 103 Å². The van der Waals surface area contributed by atoms with Gasteiger partial charge < -0.3 is 33.5 Å². The summed E-state index contributed by atoms with van der Waals surface area (Å²) in [6.07, 6.45) is 20.7. The topological polar surface area (TPSA) is 92.7 Å². The van der Waals surface area contributed by atoms with Gasteiger partial charge in [0.05, 0.1) is 66.1 Å². The van der Waals surface area contributed by atoms with Crippen molar-refractivity contribution in [3.8, 4) is 0 Å². The summed E-state index contributed by atoms with van der Waals surface area (Å²) in [7, 11) is 0. The maximum atomic E-state index is 10.3. The van der Waals surface area contributed by atoms with Gasteiger partial charge in [-0.1, -0.05) is 96.8 Å². The van der Waals surface area contributed by atoms with Crippen LogP contribution >= 0.6 is 0 Å². The largest absolute Gasteiger partial charge is 0.480 e. The summed E-state index contributed by atoms with van der Waals surface area (Å²) in [5, 5.41) is 8.41. The van der Waals surface area contributed by atoms with E-state index in [1.807, 2.05) is 0 Å². The molecule has 37 heavy (non-hydrogen) atoms. The van der Waals surface area contributed by atoms with Gasteiger partial charge >= 0.3 is 5.97 Å². The van der Waals surface area contributed by atoms with Crippen LogP contribution in [-0.2, 0) is 33.2 Å². The predicted molar refractivity (Wildman–Crippen MR) is 147 cm³/mol. The molecular weight excluding hydrogens is 476 g/mol. The van der Waals surface area contributed by atoms with Crippen LogP contribution in [0, 0.1) is 0 Å². The standard InChI is InChI=1S/C29H58O8/c1-2-3-4-5-6-7-8-9-10-11-12-13-14-15-16-17-32-18-19-33-20-21-34-22-23-35-24-25-36-26-27-37-28-29(30)31/h2-28H2,1H3,(H,30,31). The fraction of sp³-hybridized carbons (Fsp3) is 0.966. The maximum absolute atomic E-state index is 10.3. The second kappa shape index (κ2) is 33.3. The molecule has 0 unspecified atom stereocenters. The number of hydrogen-bond acceptors (Lipinski definition) is 7. The number of carbonyl (C=O) groups is 1. The molecule has 0 aliphatic carbocycles. The van der Waals surface area contributed by atoms with Crippen LogP contribution in [0.2, 0.25) is 0 Å². The molecule has 0 aromatic heterocycles. The van der Waals surface area contributed by atoms with Gasteiger partial charge in [-0.2, -0.15) is 0 Å². The lowest BCUT2D eigenvalue weighted by Crippen LogP contribution is -2.15. The molecule has 0 heterocycles. The minimum absolute atomic E-state index is 0.264. The Kier molecular flexibility index (Phi) is 32.6. The Morgan fingerprint density at radius 1 is 0.405 bits per heavy atom. The second-order valence-electron chi connectivity index (χ2n) is 9.46. The minimum Gasteiger partial charge on any atom is -0.480 e. The highest BCUT2D eigenvalue weighted by molar-refractivity contribution is 5.67. The lowest BCUT2D eigenvalue weighted by Gasteiger charge is -2.08. The van der Waals surface area contributed by atoms with E-state index in [2.05, 4.69) is 6.92 Å². The van der Waals surface area contributed by atoms with E-state index in [4.69, 9.17) is 33.5 Å². The molecule has 0 atom stereocenters. The summed E-state index contributed by atoms with van der Waals surface area (Å²) >= 11 is 0. The molecule has 0 radical (unpaired) electrons. The Labute approximate surface area is 227 Å². The quantitative estimate of drug-likeness (QED) is 0.102. The van der Waals surface area contributed by atoms with E-state index in [1.165, 1.54) is 89.9 Å². The number of carboxylic acid groups (broad SMARTS) is 1. The molecule has 0 aromatic rings. The molecule has 1 N–H and O–H groups in total. The van der Waals surface area contributed by atoms with Crippen LogP contribution in [0.25, 0.3) is 0 Å². The minimum atomic E-state index is -0.979. The van der Waals surface area contributed by atoms with Gasteiger partial charge in [0.2, 0.25) is 0 Å². The van der Waals surface area contributed by atoms with E-state index >= 15 is 0 Å². The van der Waals surface area contributed by atoms with Crippen molar-refractivity contribution in [1.29, 1.82) is 0 Å². The van der Waals surface area contributed by atoms with Gasteiger partial charge in [0.25, 0.3) is 0 Å². The molecule has 0 saturated heterocycles. The lowest BCUT2D eigenvalue weighted by atomic mass is 10.0. The molecule has 0 amide bonds. The zero-order valence-corrected chi connectivity index (χ0v) is 23.9. The van der Waals surface area contributed by atoms with Gasteiger partial charge in [0.15, 0.2) is 0 Å². The van der Waals surface area contributed by atoms with Crippen molar-refractivity contribution in [3.05, 3.63) is 0 Å². The summed E-state index contributed by atoms with van der Waals surface area (Å²) in [6.45, 7) is 7.70. The van der Waals surface area contributed by atoms with Crippen molar-refractivity contribution < 1.29 is 38.3 Å². The maximum Gasteiger partial charge on any atom is 0.329 e. The molecule has 0 aliphatic heterocycles. The monoisotopic (exact) mass is 534 g/mol. The van der Waals surface area contributed by atoms with Crippen molar-refractivity contribution in [1.82, 2.24) is 0 Å². The molecule has 0 rings (SSSR count). The van der Waals surface area contributed by atoms with E-state index in [0.717, 1.165) is 13.0 Å². The molecule has 0 fully saturated rings. The van der Waals surface area contributed by atoms with Crippen LogP contribution in [0.3, 0.4) is 0 Å². The average Bonchev–Trinajstić information content (AvgIpc) is 2.89. The van der Waals surface area contributed by atoms with E-state index in [1.54, 1.807) is 0 Å². The van der Waals surface area contributed by atoms with Crippen LogP contribution in [0.5, 0.6) is 0 Å². The number of rotatable bonds is 33. The number of unbranched alkanes of at least 4 members (excludes halogenated alkanes) is 14. The third-order valence-corrected chi connectivity index (χ3v) is 5.98. The number of aliphatic carboxylic acids is 1. The van der Waals surface area contributed by atoms with E-state index in [9.17, 15) is 4.79 Å². The molecule has 0 aromatic carbocycles. The molecular formula is C29H58O8. The molecule has 8 heteroatoms. The SMILES string of the molecule is CCCCCCCCCCCCCCCCCOCCOCCOCCOCCOCCOCC(=O)O. The van der Waals surface area contributed by atoms with Gasteiger partial charge in [0.1, 0.15) is 6.61 Å². The second-order valence-corrected chi connectivity index (χ2v) is 9.46. The van der Waals surface area contributed by atoms with E-state index in [-0.39, 0.29) is 13.2 Å². The van der Waals surface area contributed by atoms with Crippen molar-refractivity contribution in [2.45, 2.75) is 103 Å². The van der Waals surface area contributed by atoms with Crippen molar-refractivity contribution in [3.63, 3.8) is 0 Å². The average molecular weight is 535 g/mol. The molecule has 0 saturated carbocycles. The number of ether oxygens (including phenoxy) is 6. The van der Waals surface area contributed by atoms with E-state index in [0.29, 0.717) is 59.5 Å². The molecule has 222 valence electrons. The Morgan fingerprint density at radius 2 is 0.676 bits per heavy atom. The third-order valence-electron chi connectivity index (χ3n) is 5.98.